The number of rotatable bonds is 2. The van der Waals surface area contributed by atoms with Gasteiger partial charge in [0.25, 0.3) is 0 Å². The van der Waals surface area contributed by atoms with E-state index in [0.717, 1.165) is 19.5 Å². The molecule has 0 saturated carbocycles. The van der Waals surface area contributed by atoms with E-state index < -0.39 is 0 Å². The summed E-state index contributed by atoms with van der Waals surface area (Å²) < 4.78 is 0. The number of nitrogens with one attached hydrogen (secondary N) is 1. The van der Waals surface area contributed by atoms with Crippen LogP contribution in [0.4, 0.5) is 0 Å². The van der Waals surface area contributed by atoms with Gasteiger partial charge in [0.1, 0.15) is 0 Å². The van der Waals surface area contributed by atoms with Crippen LogP contribution in [-0.2, 0) is 17.8 Å². The van der Waals surface area contributed by atoms with Gasteiger partial charge >= 0.3 is 0 Å². The van der Waals surface area contributed by atoms with Crippen molar-refractivity contribution >= 4 is 17.2 Å². The van der Waals surface area contributed by atoms with Gasteiger partial charge in [-0.2, -0.15) is 0 Å². The van der Waals surface area contributed by atoms with Crippen LogP contribution in [0.2, 0.25) is 0 Å². The van der Waals surface area contributed by atoms with Crippen LogP contribution in [0, 0.1) is 0 Å². The van der Waals surface area contributed by atoms with Gasteiger partial charge in [0.15, 0.2) is 0 Å². The Morgan fingerprint density at radius 1 is 1.50 bits per heavy atom. The van der Waals surface area contributed by atoms with E-state index in [1.165, 1.54) is 10.4 Å². The zero-order chi connectivity index (χ0) is 13.3. The van der Waals surface area contributed by atoms with E-state index >= 15 is 0 Å². The average Bonchev–Trinajstić information content (AvgIpc) is 2.72. The third-order valence-electron chi connectivity index (χ3n) is 3.26. The molecule has 0 radical (unpaired) electrons. The minimum absolute atomic E-state index is 0.0581. The fraction of sp³-hybridized carbons (Fsp3) is 0.643. The van der Waals surface area contributed by atoms with Gasteiger partial charge in [-0.25, -0.2) is 0 Å². The van der Waals surface area contributed by atoms with E-state index in [9.17, 15) is 4.79 Å². The summed E-state index contributed by atoms with van der Waals surface area (Å²) >= 11 is 1.83. The predicted molar refractivity (Wildman–Crippen MR) is 75.8 cm³/mol. The molecule has 0 fully saturated rings. The Morgan fingerprint density at radius 2 is 2.22 bits per heavy atom. The van der Waals surface area contributed by atoms with Crippen LogP contribution >= 0.6 is 11.3 Å². The number of nitrogens with zero attached hydrogens (tertiary/aromatic N) is 1. The van der Waals surface area contributed by atoms with Crippen molar-refractivity contribution in [3.05, 3.63) is 21.9 Å². The fourth-order valence-electron chi connectivity index (χ4n) is 2.24. The van der Waals surface area contributed by atoms with Gasteiger partial charge in [0.05, 0.1) is 6.04 Å². The van der Waals surface area contributed by atoms with Crippen molar-refractivity contribution in [1.82, 2.24) is 10.2 Å². The lowest BCUT2D eigenvalue weighted by molar-refractivity contribution is -0.127. The maximum absolute atomic E-state index is 12.2. The summed E-state index contributed by atoms with van der Waals surface area (Å²) in [6.07, 6.45) is 1.07. The van der Waals surface area contributed by atoms with Gasteiger partial charge in [-0.05, 0) is 51.1 Å². The lowest BCUT2D eigenvalue weighted by Gasteiger charge is -2.33. The molecule has 1 amide bonds. The van der Waals surface area contributed by atoms with Crippen LogP contribution in [0.15, 0.2) is 11.4 Å². The largest absolute Gasteiger partial charge is 0.350 e. The topological polar surface area (TPSA) is 32.3 Å². The Balaban J connectivity index is 1.99. The number of carbonyl (C=O) groups is 1. The fourth-order valence-corrected chi connectivity index (χ4v) is 3.13. The standard InChI is InChI=1S/C14H22N2OS/c1-10(13(17)15-14(2,3)4)16-7-5-12-11(9-16)6-8-18-12/h6,8,10H,5,7,9H2,1-4H3,(H,15,17)/t10-/m1/s1. The quantitative estimate of drug-likeness (QED) is 0.891. The summed E-state index contributed by atoms with van der Waals surface area (Å²) in [5, 5.41) is 5.20. The molecule has 2 rings (SSSR count). The molecule has 0 bridgehead atoms. The molecule has 1 aliphatic heterocycles. The Hall–Kier alpha value is -0.870. The molecular weight excluding hydrogens is 244 g/mol. The smallest absolute Gasteiger partial charge is 0.237 e. The van der Waals surface area contributed by atoms with Crippen LogP contribution < -0.4 is 5.32 Å². The molecule has 1 atom stereocenters. The van der Waals surface area contributed by atoms with Crippen molar-refractivity contribution < 1.29 is 4.79 Å². The minimum Gasteiger partial charge on any atom is -0.350 e. The number of carbonyl (C=O) groups excluding carboxylic acids is 1. The van der Waals surface area contributed by atoms with Crippen molar-refractivity contribution in [2.45, 2.75) is 52.2 Å². The molecule has 0 unspecified atom stereocenters. The maximum Gasteiger partial charge on any atom is 0.237 e. The van der Waals surface area contributed by atoms with Gasteiger partial charge < -0.3 is 5.32 Å². The van der Waals surface area contributed by atoms with Gasteiger partial charge in [0.2, 0.25) is 5.91 Å². The summed E-state index contributed by atoms with van der Waals surface area (Å²) in [6.45, 7) is 9.93. The second-order valence-corrected chi connectivity index (χ2v) is 7.01. The summed E-state index contributed by atoms with van der Waals surface area (Å²) in [6, 6.07) is 2.12. The van der Waals surface area contributed by atoms with Gasteiger partial charge in [-0.1, -0.05) is 0 Å². The highest BCUT2D eigenvalue weighted by Gasteiger charge is 2.27. The molecule has 2 heterocycles. The van der Waals surface area contributed by atoms with Crippen molar-refractivity contribution in [3.8, 4) is 0 Å². The first-order valence-corrected chi connectivity index (χ1v) is 7.36. The summed E-state index contributed by atoms with van der Waals surface area (Å²) in [7, 11) is 0. The Labute approximate surface area is 113 Å². The first-order chi connectivity index (χ1) is 8.37. The van der Waals surface area contributed by atoms with Gasteiger partial charge in [-0.3, -0.25) is 9.69 Å². The predicted octanol–water partition coefficient (Wildman–Crippen LogP) is 2.41. The maximum atomic E-state index is 12.2. The second-order valence-electron chi connectivity index (χ2n) is 6.00. The molecule has 0 aliphatic carbocycles. The molecule has 100 valence electrons. The Morgan fingerprint density at radius 3 is 2.89 bits per heavy atom. The van der Waals surface area contributed by atoms with E-state index in [2.05, 4.69) is 21.7 Å². The third kappa shape index (κ3) is 3.12. The molecule has 4 heteroatoms. The zero-order valence-electron chi connectivity index (χ0n) is 11.6. The molecule has 0 aromatic carbocycles. The van der Waals surface area contributed by atoms with E-state index in [4.69, 9.17) is 0 Å². The first-order valence-electron chi connectivity index (χ1n) is 6.48. The number of hydrogen-bond donors (Lipinski definition) is 1. The monoisotopic (exact) mass is 266 g/mol. The molecule has 1 aliphatic rings. The highest BCUT2D eigenvalue weighted by Crippen LogP contribution is 2.25. The normalized spacial score (nSPS) is 18.2. The van der Waals surface area contributed by atoms with E-state index in [-0.39, 0.29) is 17.5 Å². The minimum atomic E-state index is -0.158. The number of amides is 1. The van der Waals surface area contributed by atoms with Crippen molar-refractivity contribution in [1.29, 1.82) is 0 Å². The van der Waals surface area contributed by atoms with E-state index in [0.29, 0.717) is 0 Å². The summed E-state index contributed by atoms with van der Waals surface area (Å²) in [4.78, 5) is 15.9. The van der Waals surface area contributed by atoms with Crippen LogP contribution in [0.3, 0.4) is 0 Å². The average molecular weight is 266 g/mol. The number of fused-ring (bicyclic) bond motifs is 1. The van der Waals surface area contributed by atoms with Crippen LogP contribution in [0.1, 0.15) is 38.1 Å². The number of hydrogen-bond acceptors (Lipinski definition) is 3. The van der Waals surface area contributed by atoms with Crippen molar-refractivity contribution in [3.63, 3.8) is 0 Å². The zero-order valence-corrected chi connectivity index (χ0v) is 12.4. The Kier molecular flexibility index (Phi) is 3.78. The summed E-state index contributed by atoms with van der Waals surface area (Å²) in [5.74, 6) is 0.126. The van der Waals surface area contributed by atoms with Crippen molar-refractivity contribution in [2.24, 2.45) is 0 Å². The highest BCUT2D eigenvalue weighted by molar-refractivity contribution is 7.10. The van der Waals surface area contributed by atoms with E-state index in [1.54, 1.807) is 0 Å². The van der Waals surface area contributed by atoms with Crippen LogP contribution in [0.25, 0.3) is 0 Å². The number of thiophene rings is 1. The van der Waals surface area contributed by atoms with Crippen LogP contribution in [-0.4, -0.2) is 28.9 Å². The molecular formula is C14H22N2OS. The van der Waals surface area contributed by atoms with Gasteiger partial charge in [-0.15, -0.1) is 11.3 Å². The molecule has 3 nitrogen and oxygen atoms in total. The highest BCUT2D eigenvalue weighted by atomic mass is 32.1. The molecule has 18 heavy (non-hydrogen) atoms. The lowest BCUT2D eigenvalue weighted by Crippen LogP contribution is -2.51. The lowest BCUT2D eigenvalue weighted by atomic mass is 10.1. The molecule has 1 aromatic rings. The van der Waals surface area contributed by atoms with Gasteiger partial charge in [0, 0.05) is 23.5 Å². The second kappa shape index (κ2) is 5.02. The SMILES string of the molecule is C[C@H](C(=O)NC(C)(C)C)N1CCc2sccc2C1. The van der Waals surface area contributed by atoms with E-state index in [1.807, 2.05) is 39.0 Å². The molecule has 1 N–H and O–H groups in total. The molecule has 1 aromatic heterocycles. The Bertz CT molecular complexity index is 433. The third-order valence-corrected chi connectivity index (χ3v) is 4.29. The molecule has 0 spiro atoms. The van der Waals surface area contributed by atoms with Crippen LogP contribution in [0.5, 0.6) is 0 Å². The summed E-state index contributed by atoms with van der Waals surface area (Å²) in [5.41, 5.74) is 1.23. The first kappa shape index (κ1) is 13.6. The molecule has 0 saturated heterocycles. The van der Waals surface area contributed by atoms with Crippen molar-refractivity contribution in [2.75, 3.05) is 6.54 Å².